The molecule has 12 heteroatoms. The Morgan fingerprint density at radius 1 is 0.936 bits per heavy atom. The van der Waals surface area contributed by atoms with Crippen LogP contribution >= 0.6 is 0 Å². The molecule has 5 heterocycles. The van der Waals surface area contributed by atoms with Crippen LogP contribution in [-0.2, 0) is 17.8 Å². The van der Waals surface area contributed by atoms with E-state index in [1.54, 1.807) is 29.3 Å². The summed E-state index contributed by atoms with van der Waals surface area (Å²) in [5, 5.41) is 10.0. The Labute approximate surface area is 270 Å². The number of para-hydroxylation sites is 1. The van der Waals surface area contributed by atoms with Crippen LogP contribution in [0.2, 0.25) is 0 Å². The Morgan fingerprint density at radius 3 is 2.38 bits per heavy atom. The first-order chi connectivity index (χ1) is 22.8. The number of fused-ring (bicyclic) bond motifs is 1. The lowest BCUT2D eigenvalue weighted by atomic mass is 9.91. The van der Waals surface area contributed by atoms with Crippen LogP contribution in [-0.4, -0.2) is 88.1 Å². The number of amides is 2. The van der Waals surface area contributed by atoms with E-state index in [0.717, 1.165) is 28.7 Å². The van der Waals surface area contributed by atoms with Gasteiger partial charge in [0.15, 0.2) is 0 Å². The van der Waals surface area contributed by atoms with Crippen molar-refractivity contribution in [3.8, 4) is 6.07 Å². The zero-order valence-electron chi connectivity index (χ0n) is 25.7. The van der Waals surface area contributed by atoms with E-state index >= 15 is 0 Å². The fourth-order valence-corrected chi connectivity index (χ4v) is 6.77. The molecule has 10 nitrogen and oxygen atoms in total. The lowest BCUT2D eigenvalue weighted by Crippen LogP contribution is -2.48. The molecule has 3 aliphatic rings. The van der Waals surface area contributed by atoms with E-state index in [2.05, 4.69) is 20.9 Å². The minimum atomic E-state index is -0.738. The first-order valence-electron chi connectivity index (χ1n) is 15.7. The van der Waals surface area contributed by atoms with Crippen LogP contribution in [0, 0.1) is 23.0 Å². The summed E-state index contributed by atoms with van der Waals surface area (Å²) in [6.45, 7) is 4.32. The molecule has 2 aromatic heterocycles. The number of rotatable bonds is 6. The molecule has 47 heavy (non-hydrogen) atoms. The van der Waals surface area contributed by atoms with Crippen molar-refractivity contribution in [3.05, 3.63) is 101 Å². The highest BCUT2D eigenvalue weighted by molar-refractivity contribution is 5.94. The van der Waals surface area contributed by atoms with E-state index in [0.29, 0.717) is 69.9 Å². The SMILES string of the molecule is N#Cc1cc(F)c(CN2CCC3(CC2)CN(Cc2ccc(C(=O)N4CCN(c5ccnc6ccccc56)CC4)cn2)C(=O)O3)c(F)c1. The zero-order valence-corrected chi connectivity index (χ0v) is 25.7. The van der Waals surface area contributed by atoms with Gasteiger partial charge in [0.2, 0.25) is 0 Å². The van der Waals surface area contributed by atoms with Gasteiger partial charge in [0.25, 0.3) is 5.91 Å². The summed E-state index contributed by atoms with van der Waals surface area (Å²) in [6, 6.07) is 17.4. The molecule has 3 aliphatic heterocycles. The number of likely N-dealkylation sites (tertiary alicyclic amines) is 1. The lowest BCUT2D eigenvalue weighted by Gasteiger charge is -2.37. The van der Waals surface area contributed by atoms with Crippen LogP contribution in [0.3, 0.4) is 0 Å². The van der Waals surface area contributed by atoms with Crippen molar-refractivity contribution in [1.82, 2.24) is 24.7 Å². The fraction of sp³-hybridized carbons (Fsp3) is 0.343. The maximum Gasteiger partial charge on any atom is 0.410 e. The number of hydrogen-bond donors (Lipinski definition) is 0. The highest BCUT2D eigenvalue weighted by atomic mass is 19.1. The van der Waals surface area contributed by atoms with Crippen LogP contribution in [0.4, 0.5) is 19.3 Å². The normalized spacial score (nSPS) is 18.1. The topological polar surface area (TPSA) is 106 Å². The molecule has 0 saturated carbocycles. The quantitative estimate of drug-likeness (QED) is 0.299. The predicted molar refractivity (Wildman–Crippen MR) is 169 cm³/mol. The number of nitriles is 1. The van der Waals surface area contributed by atoms with Crippen LogP contribution in [0.1, 0.15) is 40.0 Å². The van der Waals surface area contributed by atoms with Crippen molar-refractivity contribution in [2.24, 2.45) is 0 Å². The number of anilines is 1. The van der Waals surface area contributed by atoms with Crippen LogP contribution in [0.5, 0.6) is 0 Å². The number of nitrogens with zero attached hydrogens (tertiary/aromatic N) is 7. The van der Waals surface area contributed by atoms with Crippen molar-refractivity contribution >= 4 is 28.6 Å². The third-order valence-electron chi connectivity index (χ3n) is 9.42. The molecule has 0 atom stereocenters. The standard InChI is InChI=1S/C35H33F2N7O3/c36-29-17-24(19-38)18-30(37)28(29)22-41-11-8-35(9-12-41)23-44(34(46)47-35)21-26-6-5-25(20-40-26)33(45)43-15-13-42(14-16-43)32-7-10-39-31-4-2-1-3-27(31)32/h1-7,10,17-18,20H,8-9,11-16,21-23H2. The minimum Gasteiger partial charge on any atom is -0.441 e. The Balaban J connectivity index is 0.913. The second-order valence-electron chi connectivity index (χ2n) is 12.4. The molecule has 0 radical (unpaired) electrons. The summed E-state index contributed by atoms with van der Waals surface area (Å²) < 4.78 is 34.7. The number of halogens is 2. The molecule has 0 N–H and O–H groups in total. The average Bonchev–Trinajstić information content (AvgIpc) is 3.40. The smallest absolute Gasteiger partial charge is 0.410 e. The van der Waals surface area contributed by atoms with Gasteiger partial charge in [0.1, 0.15) is 17.2 Å². The molecule has 0 unspecified atom stereocenters. The second-order valence-corrected chi connectivity index (χ2v) is 12.4. The summed E-state index contributed by atoms with van der Waals surface area (Å²) in [5.74, 6) is -1.55. The molecule has 3 fully saturated rings. The molecule has 0 bridgehead atoms. The summed E-state index contributed by atoms with van der Waals surface area (Å²) in [4.78, 5) is 42.7. The number of aromatic nitrogens is 2. The van der Waals surface area contributed by atoms with E-state index in [1.807, 2.05) is 40.3 Å². The molecule has 2 amide bonds. The van der Waals surface area contributed by atoms with Crippen molar-refractivity contribution in [1.29, 1.82) is 5.26 Å². The van der Waals surface area contributed by atoms with Gasteiger partial charge in [-0.3, -0.25) is 24.6 Å². The summed E-state index contributed by atoms with van der Waals surface area (Å²) in [6.07, 6.45) is 4.02. The van der Waals surface area contributed by atoms with Crippen LogP contribution < -0.4 is 4.90 Å². The van der Waals surface area contributed by atoms with Gasteiger partial charge < -0.3 is 14.5 Å². The van der Waals surface area contributed by atoms with Gasteiger partial charge in [0, 0.05) is 87.7 Å². The third kappa shape index (κ3) is 6.18. The van der Waals surface area contributed by atoms with Crippen molar-refractivity contribution < 1.29 is 23.1 Å². The largest absolute Gasteiger partial charge is 0.441 e. The molecule has 240 valence electrons. The van der Waals surface area contributed by atoms with Crippen molar-refractivity contribution in [2.45, 2.75) is 31.5 Å². The Kier molecular flexibility index (Phi) is 8.15. The fourth-order valence-electron chi connectivity index (χ4n) is 6.77. The van der Waals surface area contributed by atoms with Gasteiger partial charge in [-0.25, -0.2) is 13.6 Å². The van der Waals surface area contributed by atoms with Gasteiger partial charge in [-0.1, -0.05) is 18.2 Å². The van der Waals surface area contributed by atoms with Crippen molar-refractivity contribution in [3.63, 3.8) is 0 Å². The van der Waals surface area contributed by atoms with E-state index in [4.69, 9.17) is 10.00 Å². The zero-order chi connectivity index (χ0) is 32.5. The Bertz CT molecular complexity index is 1840. The monoisotopic (exact) mass is 637 g/mol. The van der Waals surface area contributed by atoms with E-state index in [1.165, 1.54) is 0 Å². The molecule has 2 aromatic carbocycles. The molecular formula is C35H33F2N7O3. The van der Waals surface area contributed by atoms with E-state index < -0.39 is 23.3 Å². The predicted octanol–water partition coefficient (Wildman–Crippen LogP) is 4.73. The van der Waals surface area contributed by atoms with Crippen LogP contribution in [0.25, 0.3) is 10.9 Å². The number of pyridine rings is 2. The lowest BCUT2D eigenvalue weighted by molar-refractivity contribution is -0.00165. The molecule has 4 aromatic rings. The summed E-state index contributed by atoms with van der Waals surface area (Å²) >= 11 is 0. The Hall–Kier alpha value is -5.15. The van der Waals surface area contributed by atoms with E-state index in [9.17, 15) is 18.4 Å². The number of hydrogen-bond acceptors (Lipinski definition) is 8. The highest BCUT2D eigenvalue weighted by Crippen LogP contribution is 2.35. The van der Waals surface area contributed by atoms with E-state index in [-0.39, 0.29) is 30.1 Å². The Morgan fingerprint density at radius 2 is 1.68 bits per heavy atom. The van der Waals surface area contributed by atoms with Gasteiger partial charge in [-0.15, -0.1) is 0 Å². The summed E-state index contributed by atoms with van der Waals surface area (Å²) in [5.41, 5.74) is 2.42. The number of piperazine rings is 1. The van der Waals surface area contributed by atoms with Gasteiger partial charge in [-0.05, 0) is 36.4 Å². The minimum absolute atomic E-state index is 0.0557. The molecule has 0 aliphatic carbocycles. The van der Waals surface area contributed by atoms with Crippen LogP contribution in [0.15, 0.2) is 67.0 Å². The first-order valence-corrected chi connectivity index (χ1v) is 15.7. The number of piperidine rings is 1. The molecule has 3 saturated heterocycles. The van der Waals surface area contributed by atoms with Gasteiger partial charge in [-0.2, -0.15) is 5.26 Å². The second kappa shape index (κ2) is 12.6. The maximum absolute atomic E-state index is 14.4. The molecule has 7 rings (SSSR count). The van der Waals surface area contributed by atoms with Crippen molar-refractivity contribution in [2.75, 3.05) is 50.7 Å². The van der Waals surface area contributed by atoms with Gasteiger partial charge in [0.05, 0.1) is 41.5 Å². The average molecular weight is 638 g/mol. The molecule has 1 spiro atoms. The number of ether oxygens (including phenoxy) is 1. The number of carbonyl (C=O) groups excluding carboxylic acids is 2. The number of benzene rings is 2. The summed E-state index contributed by atoms with van der Waals surface area (Å²) in [7, 11) is 0. The highest BCUT2D eigenvalue weighted by Gasteiger charge is 2.47. The first kappa shape index (κ1) is 30.5. The molecular weight excluding hydrogens is 604 g/mol. The maximum atomic E-state index is 14.4. The third-order valence-corrected chi connectivity index (χ3v) is 9.42. The van der Waals surface area contributed by atoms with Gasteiger partial charge >= 0.3 is 6.09 Å². The number of carbonyl (C=O) groups is 2.